The van der Waals surface area contributed by atoms with Crippen LogP contribution in [0.15, 0.2) is 42.5 Å². The molecule has 0 radical (unpaired) electrons. The van der Waals surface area contributed by atoms with E-state index >= 15 is 0 Å². The Morgan fingerprint density at radius 1 is 1.22 bits per heavy atom. The summed E-state index contributed by atoms with van der Waals surface area (Å²) in [5.74, 6) is 0.340. The molecule has 0 unspecified atom stereocenters. The maximum atomic E-state index is 12.6. The number of methoxy groups -OCH3 is 1. The average molecular weight is 328 g/mol. The zero-order valence-electron chi connectivity index (χ0n) is 12.5. The monoisotopic (exact) mass is 327 g/mol. The summed E-state index contributed by atoms with van der Waals surface area (Å²) in [6.07, 6.45) is 1.45. The molecule has 23 heavy (non-hydrogen) atoms. The van der Waals surface area contributed by atoms with E-state index in [1.165, 1.54) is 7.11 Å². The Bertz CT molecular complexity index is 806. The van der Waals surface area contributed by atoms with Crippen LogP contribution in [0.2, 0.25) is 5.02 Å². The summed E-state index contributed by atoms with van der Waals surface area (Å²) in [5.41, 5.74) is 0.671. The molecule has 0 atom stereocenters. The van der Waals surface area contributed by atoms with E-state index in [1.807, 2.05) is 18.2 Å². The number of ether oxygens (including phenoxy) is 2. The Labute approximate surface area is 139 Å². The lowest BCUT2D eigenvalue weighted by Gasteiger charge is -2.16. The minimum absolute atomic E-state index is 0.310. The van der Waals surface area contributed by atoms with E-state index < -0.39 is 5.41 Å². The molecule has 116 valence electrons. The molecular weight excluding hydrogens is 314 g/mol. The lowest BCUT2D eigenvalue weighted by atomic mass is 9.96. The van der Waals surface area contributed by atoms with Crippen LogP contribution in [0.4, 0.5) is 0 Å². The molecule has 1 fully saturated rings. The van der Waals surface area contributed by atoms with Crippen molar-refractivity contribution in [2.24, 2.45) is 0 Å². The molecule has 2 aromatic rings. The van der Waals surface area contributed by atoms with Gasteiger partial charge in [0.2, 0.25) is 0 Å². The van der Waals surface area contributed by atoms with Gasteiger partial charge in [-0.05, 0) is 42.7 Å². The Hall–Kier alpha value is -2.51. The molecule has 4 nitrogen and oxygen atoms in total. The van der Waals surface area contributed by atoms with Gasteiger partial charge in [0.05, 0.1) is 24.2 Å². The summed E-state index contributed by atoms with van der Waals surface area (Å²) >= 11 is 6.02. The van der Waals surface area contributed by atoms with Gasteiger partial charge in [0, 0.05) is 11.1 Å². The standard InChI is InChI=1S/C18H14ClNO3/c1-22-16-9-12(11-20)5-6-15(16)23-17(21)18(7-8-18)13-3-2-4-14(19)10-13/h2-6,9-10H,7-8H2,1H3. The predicted octanol–water partition coefficient (Wildman–Crippen LogP) is 3.86. The molecule has 0 N–H and O–H groups in total. The summed E-state index contributed by atoms with van der Waals surface area (Å²) in [6.45, 7) is 0. The highest BCUT2D eigenvalue weighted by Gasteiger charge is 2.53. The number of esters is 1. The van der Waals surface area contributed by atoms with Crippen molar-refractivity contribution in [2.45, 2.75) is 18.3 Å². The summed E-state index contributed by atoms with van der Waals surface area (Å²) < 4.78 is 10.7. The Kier molecular flexibility index (Phi) is 3.97. The van der Waals surface area contributed by atoms with Gasteiger partial charge in [-0.1, -0.05) is 23.7 Å². The van der Waals surface area contributed by atoms with Gasteiger partial charge in [-0.3, -0.25) is 4.79 Å². The number of nitriles is 1. The number of benzene rings is 2. The van der Waals surface area contributed by atoms with Crippen molar-refractivity contribution < 1.29 is 14.3 Å². The summed E-state index contributed by atoms with van der Waals surface area (Å²) in [6, 6.07) is 14.0. The third kappa shape index (κ3) is 2.88. The van der Waals surface area contributed by atoms with Gasteiger partial charge in [-0.2, -0.15) is 5.26 Å². The maximum Gasteiger partial charge on any atom is 0.322 e. The molecule has 0 amide bonds. The zero-order chi connectivity index (χ0) is 16.4. The molecule has 1 saturated carbocycles. The smallest absolute Gasteiger partial charge is 0.322 e. The number of halogens is 1. The van der Waals surface area contributed by atoms with E-state index in [4.69, 9.17) is 26.3 Å². The van der Waals surface area contributed by atoms with Crippen molar-refractivity contribution in [1.82, 2.24) is 0 Å². The van der Waals surface area contributed by atoms with E-state index in [0.717, 1.165) is 18.4 Å². The highest BCUT2D eigenvalue weighted by Crippen LogP contribution is 2.50. The summed E-state index contributed by atoms with van der Waals surface area (Å²) in [5, 5.41) is 9.51. The van der Waals surface area contributed by atoms with Crippen LogP contribution >= 0.6 is 11.6 Å². The molecule has 0 spiro atoms. The number of carbonyl (C=O) groups is 1. The van der Waals surface area contributed by atoms with Gasteiger partial charge >= 0.3 is 5.97 Å². The van der Waals surface area contributed by atoms with Crippen molar-refractivity contribution >= 4 is 17.6 Å². The van der Waals surface area contributed by atoms with Crippen LogP contribution in [0.5, 0.6) is 11.5 Å². The van der Waals surface area contributed by atoms with Gasteiger partial charge in [0.1, 0.15) is 0 Å². The maximum absolute atomic E-state index is 12.6. The first-order valence-electron chi connectivity index (χ1n) is 7.15. The molecule has 0 aromatic heterocycles. The van der Waals surface area contributed by atoms with E-state index in [9.17, 15) is 4.79 Å². The van der Waals surface area contributed by atoms with Gasteiger partial charge in [0.15, 0.2) is 11.5 Å². The first-order valence-corrected chi connectivity index (χ1v) is 7.53. The van der Waals surface area contributed by atoms with Crippen LogP contribution in [0, 0.1) is 11.3 Å². The van der Waals surface area contributed by atoms with Crippen LogP contribution in [0.25, 0.3) is 0 Å². The van der Waals surface area contributed by atoms with E-state index in [-0.39, 0.29) is 5.97 Å². The topological polar surface area (TPSA) is 59.3 Å². The molecule has 1 aliphatic rings. The number of hydrogen-bond donors (Lipinski definition) is 0. The minimum atomic E-state index is -0.635. The van der Waals surface area contributed by atoms with Gasteiger partial charge in [-0.25, -0.2) is 0 Å². The zero-order valence-corrected chi connectivity index (χ0v) is 13.3. The lowest BCUT2D eigenvalue weighted by molar-refractivity contribution is -0.137. The molecule has 5 heteroatoms. The highest BCUT2D eigenvalue weighted by molar-refractivity contribution is 6.30. The second kappa shape index (κ2) is 5.94. The summed E-state index contributed by atoms with van der Waals surface area (Å²) in [7, 11) is 1.47. The van der Waals surface area contributed by atoms with Crippen molar-refractivity contribution in [1.29, 1.82) is 5.26 Å². The van der Waals surface area contributed by atoms with Gasteiger partial charge in [0.25, 0.3) is 0 Å². The van der Waals surface area contributed by atoms with Gasteiger partial charge in [-0.15, -0.1) is 0 Å². The molecule has 1 aliphatic carbocycles. The third-order valence-electron chi connectivity index (χ3n) is 4.01. The quantitative estimate of drug-likeness (QED) is 0.632. The van der Waals surface area contributed by atoms with E-state index in [2.05, 4.69) is 0 Å². The van der Waals surface area contributed by atoms with Crippen molar-refractivity contribution in [3.8, 4) is 17.6 Å². The molecule has 0 saturated heterocycles. The van der Waals surface area contributed by atoms with Crippen molar-refractivity contribution in [3.63, 3.8) is 0 Å². The number of hydrogen-bond acceptors (Lipinski definition) is 4. The Morgan fingerprint density at radius 3 is 2.61 bits per heavy atom. The number of rotatable bonds is 4. The average Bonchev–Trinajstić information content (AvgIpc) is 3.37. The second-order valence-corrected chi connectivity index (χ2v) is 5.90. The largest absolute Gasteiger partial charge is 0.493 e. The Balaban J connectivity index is 1.87. The van der Waals surface area contributed by atoms with E-state index in [1.54, 1.807) is 30.3 Å². The first kappa shape index (κ1) is 15.4. The highest BCUT2D eigenvalue weighted by atomic mass is 35.5. The summed E-state index contributed by atoms with van der Waals surface area (Å²) in [4.78, 5) is 12.6. The molecular formula is C18H14ClNO3. The van der Waals surface area contributed by atoms with Crippen LogP contribution in [-0.4, -0.2) is 13.1 Å². The van der Waals surface area contributed by atoms with Crippen molar-refractivity contribution in [3.05, 3.63) is 58.6 Å². The second-order valence-electron chi connectivity index (χ2n) is 5.46. The molecule has 3 rings (SSSR count). The molecule has 0 heterocycles. The fourth-order valence-corrected chi connectivity index (χ4v) is 2.73. The normalized spacial score (nSPS) is 14.7. The minimum Gasteiger partial charge on any atom is -0.493 e. The van der Waals surface area contributed by atoms with Crippen molar-refractivity contribution in [2.75, 3.05) is 7.11 Å². The number of nitrogens with zero attached hydrogens (tertiary/aromatic N) is 1. The fraction of sp³-hybridized carbons (Fsp3) is 0.222. The SMILES string of the molecule is COc1cc(C#N)ccc1OC(=O)C1(c2cccc(Cl)c2)CC1. The van der Waals surface area contributed by atoms with Crippen LogP contribution in [0.1, 0.15) is 24.0 Å². The third-order valence-corrected chi connectivity index (χ3v) is 4.25. The lowest BCUT2D eigenvalue weighted by Crippen LogP contribution is -2.26. The molecule has 0 bridgehead atoms. The van der Waals surface area contributed by atoms with Crippen LogP contribution in [0.3, 0.4) is 0 Å². The van der Waals surface area contributed by atoms with Crippen LogP contribution in [-0.2, 0) is 10.2 Å². The predicted molar refractivity (Wildman–Crippen MR) is 85.7 cm³/mol. The van der Waals surface area contributed by atoms with Crippen LogP contribution < -0.4 is 9.47 Å². The Morgan fingerprint density at radius 2 is 2.00 bits per heavy atom. The molecule has 2 aromatic carbocycles. The first-order chi connectivity index (χ1) is 11.1. The van der Waals surface area contributed by atoms with E-state index in [0.29, 0.717) is 22.1 Å². The van der Waals surface area contributed by atoms with Gasteiger partial charge < -0.3 is 9.47 Å². The molecule has 0 aliphatic heterocycles. The number of carbonyl (C=O) groups excluding carboxylic acids is 1. The fourth-order valence-electron chi connectivity index (χ4n) is 2.54.